The number of rotatable bonds is 1. The van der Waals surface area contributed by atoms with Gasteiger partial charge in [0.1, 0.15) is 0 Å². The van der Waals surface area contributed by atoms with Crippen LogP contribution in [0.1, 0.15) is 13.3 Å². The second-order valence-corrected chi connectivity index (χ2v) is 2.00. The Labute approximate surface area is 60.1 Å². The molecule has 0 aromatic rings. The Morgan fingerprint density at radius 3 is 3.30 bits per heavy atom. The number of carbonyl (C=O) groups excluding carboxylic acids is 1. The van der Waals surface area contributed by atoms with Gasteiger partial charge in [-0.15, -0.1) is 0 Å². The van der Waals surface area contributed by atoms with Crippen LogP contribution >= 0.6 is 0 Å². The SMILES string of the molecule is CCN1C=CCC=NC1=O. The zero-order valence-corrected chi connectivity index (χ0v) is 5.95. The molecule has 0 aliphatic carbocycles. The summed E-state index contributed by atoms with van der Waals surface area (Å²) in [5.74, 6) is 0. The van der Waals surface area contributed by atoms with Crippen LogP contribution in [0.5, 0.6) is 0 Å². The van der Waals surface area contributed by atoms with Gasteiger partial charge < -0.3 is 0 Å². The van der Waals surface area contributed by atoms with Crippen LogP contribution < -0.4 is 0 Å². The highest BCUT2D eigenvalue weighted by Gasteiger charge is 2.06. The van der Waals surface area contributed by atoms with Crippen LogP contribution in [0.15, 0.2) is 17.3 Å². The zero-order chi connectivity index (χ0) is 7.40. The predicted molar refractivity (Wildman–Crippen MR) is 40.0 cm³/mol. The Kier molecular flexibility index (Phi) is 2.20. The second kappa shape index (κ2) is 3.15. The van der Waals surface area contributed by atoms with Crippen LogP contribution in [0.4, 0.5) is 4.79 Å². The minimum absolute atomic E-state index is 0.170. The first-order valence-electron chi connectivity index (χ1n) is 3.34. The maximum atomic E-state index is 10.9. The molecule has 3 heteroatoms. The van der Waals surface area contributed by atoms with Gasteiger partial charge in [0.25, 0.3) is 0 Å². The first kappa shape index (κ1) is 6.99. The Bertz CT molecular complexity index is 184. The van der Waals surface area contributed by atoms with Crippen molar-refractivity contribution in [1.82, 2.24) is 4.90 Å². The van der Waals surface area contributed by atoms with Gasteiger partial charge in [-0.05, 0) is 6.92 Å². The number of hydrogen-bond donors (Lipinski definition) is 0. The molecule has 0 saturated heterocycles. The lowest BCUT2D eigenvalue weighted by atomic mass is 10.4. The lowest BCUT2D eigenvalue weighted by Crippen LogP contribution is -2.20. The smallest absolute Gasteiger partial charge is 0.300 e. The first-order valence-corrected chi connectivity index (χ1v) is 3.34. The normalized spacial score (nSPS) is 17.7. The van der Waals surface area contributed by atoms with Gasteiger partial charge in [-0.2, -0.15) is 0 Å². The fourth-order valence-corrected chi connectivity index (χ4v) is 0.758. The molecule has 0 atom stereocenters. The molecule has 54 valence electrons. The van der Waals surface area contributed by atoms with Gasteiger partial charge in [0, 0.05) is 25.4 Å². The third-order valence-corrected chi connectivity index (χ3v) is 1.31. The molecule has 1 aliphatic rings. The molecule has 0 bridgehead atoms. The summed E-state index contributed by atoms with van der Waals surface area (Å²) >= 11 is 0. The summed E-state index contributed by atoms with van der Waals surface area (Å²) < 4.78 is 0. The Morgan fingerprint density at radius 1 is 1.80 bits per heavy atom. The molecule has 10 heavy (non-hydrogen) atoms. The van der Waals surface area contributed by atoms with Crippen molar-refractivity contribution in [3.63, 3.8) is 0 Å². The minimum atomic E-state index is -0.170. The van der Waals surface area contributed by atoms with Crippen molar-refractivity contribution in [1.29, 1.82) is 0 Å². The van der Waals surface area contributed by atoms with Crippen molar-refractivity contribution in [3.05, 3.63) is 12.3 Å². The lowest BCUT2D eigenvalue weighted by molar-refractivity contribution is 0.227. The predicted octanol–water partition coefficient (Wildman–Crippen LogP) is 1.42. The van der Waals surface area contributed by atoms with Crippen LogP contribution in [0.2, 0.25) is 0 Å². The fourth-order valence-electron chi connectivity index (χ4n) is 0.758. The van der Waals surface area contributed by atoms with Crippen LogP contribution in [-0.4, -0.2) is 23.7 Å². The highest BCUT2D eigenvalue weighted by atomic mass is 16.2. The average molecular weight is 138 g/mol. The van der Waals surface area contributed by atoms with E-state index < -0.39 is 0 Å². The summed E-state index contributed by atoms with van der Waals surface area (Å²) in [6.07, 6.45) is 6.06. The molecule has 0 aromatic heterocycles. The van der Waals surface area contributed by atoms with E-state index in [9.17, 15) is 4.79 Å². The monoisotopic (exact) mass is 138 g/mol. The van der Waals surface area contributed by atoms with Gasteiger partial charge in [-0.25, -0.2) is 9.79 Å². The Hall–Kier alpha value is -1.12. The van der Waals surface area contributed by atoms with E-state index in [2.05, 4.69) is 4.99 Å². The van der Waals surface area contributed by atoms with E-state index in [-0.39, 0.29) is 6.03 Å². The number of allylic oxidation sites excluding steroid dienone is 1. The quantitative estimate of drug-likeness (QED) is 0.539. The lowest BCUT2D eigenvalue weighted by Gasteiger charge is -2.09. The minimum Gasteiger partial charge on any atom is -0.300 e. The molecule has 2 amide bonds. The molecule has 1 rings (SSSR count). The van der Waals surface area contributed by atoms with E-state index in [1.807, 2.05) is 13.0 Å². The van der Waals surface area contributed by atoms with Gasteiger partial charge in [-0.3, -0.25) is 4.90 Å². The summed E-state index contributed by atoms with van der Waals surface area (Å²) in [5.41, 5.74) is 0. The molecule has 3 nitrogen and oxygen atoms in total. The molecule has 0 aromatic carbocycles. The van der Waals surface area contributed by atoms with E-state index in [0.29, 0.717) is 6.54 Å². The maximum Gasteiger partial charge on any atom is 0.347 e. The van der Waals surface area contributed by atoms with Gasteiger partial charge in [-0.1, -0.05) is 6.08 Å². The van der Waals surface area contributed by atoms with E-state index in [4.69, 9.17) is 0 Å². The Morgan fingerprint density at radius 2 is 2.60 bits per heavy atom. The number of urea groups is 1. The number of carbonyl (C=O) groups is 1. The molecule has 0 spiro atoms. The third kappa shape index (κ3) is 1.43. The topological polar surface area (TPSA) is 32.7 Å². The van der Waals surface area contributed by atoms with Crippen molar-refractivity contribution in [2.24, 2.45) is 4.99 Å². The van der Waals surface area contributed by atoms with Crippen molar-refractivity contribution < 1.29 is 4.79 Å². The van der Waals surface area contributed by atoms with Crippen LogP contribution in [0.25, 0.3) is 0 Å². The molecule has 0 unspecified atom stereocenters. The summed E-state index contributed by atoms with van der Waals surface area (Å²) in [7, 11) is 0. The molecule has 1 heterocycles. The van der Waals surface area contributed by atoms with E-state index in [1.54, 1.807) is 17.3 Å². The van der Waals surface area contributed by atoms with Crippen molar-refractivity contribution in [3.8, 4) is 0 Å². The number of hydrogen-bond acceptors (Lipinski definition) is 1. The molecule has 0 radical (unpaired) electrons. The number of aliphatic imine (C=N–C) groups is 1. The summed E-state index contributed by atoms with van der Waals surface area (Å²) in [6.45, 7) is 2.61. The highest BCUT2D eigenvalue weighted by Crippen LogP contribution is 1.98. The molecular formula is C7H10N2O. The molecular weight excluding hydrogens is 128 g/mol. The average Bonchev–Trinajstić information content (AvgIpc) is 2.13. The molecule has 0 saturated carbocycles. The molecule has 0 N–H and O–H groups in total. The number of nitrogens with zero attached hydrogens (tertiary/aromatic N) is 2. The zero-order valence-electron chi connectivity index (χ0n) is 5.95. The summed E-state index contributed by atoms with van der Waals surface area (Å²) in [5, 5.41) is 0. The van der Waals surface area contributed by atoms with Crippen molar-refractivity contribution in [2.45, 2.75) is 13.3 Å². The fraction of sp³-hybridized carbons (Fsp3) is 0.429. The summed E-state index contributed by atoms with van der Waals surface area (Å²) in [4.78, 5) is 16.2. The largest absolute Gasteiger partial charge is 0.347 e. The standard InChI is InChI=1S/C7H10N2O/c1-2-9-6-4-3-5-8-7(9)10/h4-6H,2-3H2,1H3. The van der Waals surface area contributed by atoms with Crippen molar-refractivity contribution in [2.75, 3.05) is 6.54 Å². The van der Waals surface area contributed by atoms with E-state index in [0.717, 1.165) is 6.42 Å². The van der Waals surface area contributed by atoms with Crippen LogP contribution in [0, 0.1) is 0 Å². The Balaban J connectivity index is 2.70. The third-order valence-electron chi connectivity index (χ3n) is 1.31. The highest BCUT2D eigenvalue weighted by molar-refractivity contribution is 5.85. The maximum absolute atomic E-state index is 10.9. The first-order chi connectivity index (χ1) is 4.84. The van der Waals surface area contributed by atoms with Gasteiger partial charge in [0.05, 0.1) is 0 Å². The van der Waals surface area contributed by atoms with E-state index in [1.165, 1.54) is 0 Å². The second-order valence-electron chi connectivity index (χ2n) is 2.00. The van der Waals surface area contributed by atoms with Crippen LogP contribution in [-0.2, 0) is 0 Å². The molecule has 0 fully saturated rings. The van der Waals surface area contributed by atoms with Gasteiger partial charge >= 0.3 is 6.03 Å². The summed E-state index contributed by atoms with van der Waals surface area (Å²) in [6, 6.07) is -0.170. The van der Waals surface area contributed by atoms with Crippen LogP contribution in [0.3, 0.4) is 0 Å². The van der Waals surface area contributed by atoms with Crippen molar-refractivity contribution >= 4 is 12.2 Å². The number of amides is 2. The van der Waals surface area contributed by atoms with Gasteiger partial charge in [0.2, 0.25) is 0 Å². The van der Waals surface area contributed by atoms with E-state index >= 15 is 0 Å². The van der Waals surface area contributed by atoms with Gasteiger partial charge in [0.15, 0.2) is 0 Å². The molecule has 1 aliphatic heterocycles.